The number of ether oxygens (including phenoxy) is 1. The van der Waals surface area contributed by atoms with E-state index in [2.05, 4.69) is 58.3 Å². The fourth-order valence-corrected chi connectivity index (χ4v) is 11.5. The number of allylic oxidation sites excluding steroid dienone is 2. The molecule has 0 aliphatic heterocycles. The van der Waals surface area contributed by atoms with Crippen molar-refractivity contribution in [3.05, 3.63) is 11.6 Å². The fourth-order valence-electron chi connectivity index (χ4n) is 11.5. The van der Waals surface area contributed by atoms with Crippen LogP contribution < -0.4 is 10.6 Å². The van der Waals surface area contributed by atoms with Crippen molar-refractivity contribution in [3.8, 4) is 0 Å². The molecule has 0 aromatic carbocycles. The van der Waals surface area contributed by atoms with Crippen molar-refractivity contribution >= 4 is 24.1 Å². The van der Waals surface area contributed by atoms with Crippen LogP contribution >= 0.6 is 0 Å². The van der Waals surface area contributed by atoms with Crippen molar-refractivity contribution in [2.45, 2.75) is 113 Å². The van der Waals surface area contributed by atoms with Gasteiger partial charge >= 0.3 is 5.97 Å². The van der Waals surface area contributed by atoms with Gasteiger partial charge in [-0.15, -0.1) is 0 Å². The molecule has 2 N–H and O–H groups in total. The maximum Gasteiger partial charge on any atom is 0.302 e. The number of hydrogen-bond acceptors (Lipinski definition) is 5. The number of fused-ring (bicyclic) bond motifs is 7. The molecule has 2 amide bonds. The predicted molar refractivity (Wildman–Crippen MR) is 162 cm³/mol. The number of carbonyl (C=O) groups excluding carboxylic acids is 4. The van der Waals surface area contributed by atoms with Crippen LogP contribution in [-0.2, 0) is 23.9 Å². The molecule has 0 bridgehead atoms. The maximum atomic E-state index is 14.6. The van der Waals surface area contributed by atoms with Crippen molar-refractivity contribution in [3.63, 3.8) is 0 Å². The lowest BCUT2D eigenvalue weighted by Gasteiger charge is -2.70. The van der Waals surface area contributed by atoms with Gasteiger partial charge in [-0.05, 0) is 110 Å². The number of esters is 1. The van der Waals surface area contributed by atoms with Crippen LogP contribution in [0.4, 0.5) is 0 Å². The van der Waals surface area contributed by atoms with Gasteiger partial charge in [-0.2, -0.15) is 0 Å². The second-order valence-corrected chi connectivity index (χ2v) is 16.0. The van der Waals surface area contributed by atoms with E-state index >= 15 is 0 Å². The summed E-state index contributed by atoms with van der Waals surface area (Å²) in [6.07, 6.45) is 9.92. The van der Waals surface area contributed by atoms with E-state index in [-0.39, 0.29) is 45.7 Å². The van der Waals surface area contributed by atoms with E-state index in [1.165, 1.54) is 31.8 Å². The molecule has 7 heteroatoms. The molecule has 0 saturated heterocycles. The van der Waals surface area contributed by atoms with Gasteiger partial charge < -0.3 is 15.4 Å². The summed E-state index contributed by atoms with van der Waals surface area (Å²) in [5.74, 6) is 1.02. The largest absolute Gasteiger partial charge is 0.461 e. The molecular formula is C35H54N2O5. The quantitative estimate of drug-likeness (QED) is 0.241. The zero-order valence-electron chi connectivity index (χ0n) is 27.2. The van der Waals surface area contributed by atoms with Gasteiger partial charge in [0.2, 0.25) is 12.3 Å². The average Bonchev–Trinajstić information content (AvgIpc) is 2.91. The third-order valence-electron chi connectivity index (χ3n) is 14.2. The Balaban J connectivity index is 1.57. The fraction of sp³-hybridized carbons (Fsp3) is 0.829. The molecular weight excluding hydrogens is 528 g/mol. The molecule has 0 spiro atoms. The summed E-state index contributed by atoms with van der Waals surface area (Å²) in [5.41, 5.74) is -0.00506. The number of carbonyl (C=O) groups is 4. The van der Waals surface area contributed by atoms with Gasteiger partial charge in [-0.1, -0.05) is 47.1 Å². The minimum Gasteiger partial charge on any atom is -0.461 e. The lowest BCUT2D eigenvalue weighted by atomic mass is 9.33. The molecule has 5 aliphatic rings. The summed E-state index contributed by atoms with van der Waals surface area (Å²) >= 11 is 0. The van der Waals surface area contributed by atoms with E-state index in [1.807, 2.05) is 6.92 Å². The van der Waals surface area contributed by atoms with Gasteiger partial charge in [0.1, 0.15) is 6.10 Å². The Morgan fingerprint density at radius 3 is 2.36 bits per heavy atom. The summed E-state index contributed by atoms with van der Waals surface area (Å²) in [4.78, 5) is 51.6. The molecule has 0 aromatic heterocycles. The Morgan fingerprint density at radius 2 is 1.69 bits per heavy atom. The van der Waals surface area contributed by atoms with Crippen LogP contribution in [0.5, 0.6) is 0 Å². The third kappa shape index (κ3) is 4.25. The normalized spacial score (nSPS) is 47.9. The minimum atomic E-state index is -0.981. The second-order valence-electron chi connectivity index (χ2n) is 16.0. The molecule has 42 heavy (non-hydrogen) atoms. The van der Waals surface area contributed by atoms with E-state index in [9.17, 15) is 19.2 Å². The van der Waals surface area contributed by atoms with E-state index in [0.717, 1.165) is 25.7 Å². The smallest absolute Gasteiger partial charge is 0.302 e. The Labute approximate surface area is 252 Å². The molecule has 0 aromatic rings. The van der Waals surface area contributed by atoms with Crippen LogP contribution in [0.1, 0.15) is 107 Å². The summed E-state index contributed by atoms with van der Waals surface area (Å²) < 4.78 is 5.87. The third-order valence-corrected chi connectivity index (χ3v) is 14.2. The van der Waals surface area contributed by atoms with Crippen LogP contribution in [0.25, 0.3) is 0 Å². The average molecular weight is 583 g/mol. The summed E-state index contributed by atoms with van der Waals surface area (Å²) in [7, 11) is 0. The topological polar surface area (TPSA) is 102 Å². The molecule has 0 radical (unpaired) electrons. The van der Waals surface area contributed by atoms with E-state index in [4.69, 9.17) is 4.74 Å². The first kappa shape index (κ1) is 31.3. The van der Waals surface area contributed by atoms with Gasteiger partial charge in [0.15, 0.2) is 5.78 Å². The minimum absolute atomic E-state index is 0.0685. The summed E-state index contributed by atoms with van der Waals surface area (Å²) in [6.45, 7) is 18.4. The van der Waals surface area contributed by atoms with E-state index in [0.29, 0.717) is 43.7 Å². The molecule has 11 atom stereocenters. The first-order valence-corrected chi connectivity index (χ1v) is 16.5. The summed E-state index contributed by atoms with van der Waals surface area (Å²) in [6, 6.07) is 0. The number of rotatable bonds is 6. The van der Waals surface area contributed by atoms with Crippen molar-refractivity contribution in [2.75, 3.05) is 13.1 Å². The predicted octanol–water partition coefficient (Wildman–Crippen LogP) is 5.62. The van der Waals surface area contributed by atoms with Crippen molar-refractivity contribution < 1.29 is 23.9 Å². The zero-order chi connectivity index (χ0) is 30.9. The number of hydrogen-bond donors (Lipinski definition) is 2. The van der Waals surface area contributed by atoms with Crippen molar-refractivity contribution in [2.24, 2.45) is 56.7 Å². The van der Waals surface area contributed by atoms with Gasteiger partial charge in [0, 0.05) is 25.9 Å². The lowest BCUT2D eigenvalue weighted by Crippen LogP contribution is -2.69. The molecule has 7 nitrogen and oxygen atoms in total. The highest BCUT2D eigenvalue weighted by Crippen LogP contribution is 2.75. The second kappa shape index (κ2) is 10.5. The van der Waals surface area contributed by atoms with Crippen molar-refractivity contribution in [1.82, 2.24) is 10.6 Å². The molecule has 0 heterocycles. The lowest BCUT2D eigenvalue weighted by molar-refractivity contribution is -0.214. The van der Waals surface area contributed by atoms with Crippen LogP contribution in [0.2, 0.25) is 0 Å². The van der Waals surface area contributed by atoms with Crippen LogP contribution in [-0.4, -0.2) is 43.3 Å². The highest BCUT2D eigenvalue weighted by molar-refractivity contribution is 5.96. The summed E-state index contributed by atoms with van der Waals surface area (Å²) in [5, 5.41) is 5.62. The Kier molecular flexibility index (Phi) is 7.79. The van der Waals surface area contributed by atoms with Gasteiger partial charge in [-0.3, -0.25) is 19.2 Å². The number of nitrogens with one attached hydrogen (secondary N) is 2. The Morgan fingerprint density at radius 1 is 0.976 bits per heavy atom. The van der Waals surface area contributed by atoms with Crippen LogP contribution in [0.3, 0.4) is 0 Å². The number of amides is 2. The first-order chi connectivity index (χ1) is 19.6. The SMILES string of the molecule is CC(=O)O[C@@H]1CC[C@@]2(C)C(CC[C@]3(C)C2C(=O)C=C2C4[C@@H](C)[C@H](C)CC[C@]4(C)CC[C@]23C)[C@@]1(C)C(=O)NCCNC=O. The standard InChI is InChI=1S/C35H54N2O5/c1-21-9-12-31(4)15-16-33(6)24(28(31)22(21)2)19-25(40)29-32(5)13-11-27(42-23(3)39)35(8,26(32)10-14-34(29,33)7)30(41)37-18-17-36-20-38/h19-22,26-29H,9-18H2,1-8H3,(H,36,38)(H,37,41)/t21-,22+,26?,27-,28?,29?,31-,32+,33-,34-,35-/m1/s1. The highest BCUT2D eigenvalue weighted by Gasteiger charge is 2.72. The van der Waals surface area contributed by atoms with Crippen LogP contribution in [0, 0.1) is 56.7 Å². The molecule has 3 unspecified atom stereocenters. The Hall–Kier alpha value is -2.18. The molecule has 5 aliphatic carbocycles. The number of ketones is 1. The molecule has 5 rings (SSSR count). The van der Waals surface area contributed by atoms with Gasteiger partial charge in [-0.25, -0.2) is 0 Å². The Bertz CT molecular complexity index is 1180. The highest BCUT2D eigenvalue weighted by atomic mass is 16.5. The van der Waals surface area contributed by atoms with Crippen molar-refractivity contribution in [1.29, 1.82) is 0 Å². The maximum absolute atomic E-state index is 14.6. The van der Waals surface area contributed by atoms with Crippen LogP contribution in [0.15, 0.2) is 11.6 Å². The zero-order valence-corrected chi connectivity index (χ0v) is 27.2. The van der Waals surface area contributed by atoms with Gasteiger partial charge in [0.25, 0.3) is 0 Å². The monoisotopic (exact) mass is 582 g/mol. The van der Waals surface area contributed by atoms with E-state index < -0.39 is 16.9 Å². The first-order valence-electron chi connectivity index (χ1n) is 16.5. The molecule has 234 valence electrons. The van der Waals surface area contributed by atoms with E-state index in [1.54, 1.807) is 0 Å². The van der Waals surface area contributed by atoms with Gasteiger partial charge in [0.05, 0.1) is 5.41 Å². The molecule has 4 saturated carbocycles. The molecule has 4 fully saturated rings.